The standard InChI is InChI=1S/C18H27NO6S3/c20-17(11-3-1-2-4-12-18(21)22)19-15-9-5-6-10-16(15)26-13-7-8-14-27-28(23,24)25/h5-6,9-10H,1-4,7-8,11-14H2,(H,19,20)(H,21,22)(H,23,24,25). The third-order valence-electron chi connectivity index (χ3n) is 3.73. The first-order valence-electron chi connectivity index (χ1n) is 9.13. The Bertz CT molecular complexity index is 724. The number of hydrogen-bond donors (Lipinski definition) is 3. The highest BCUT2D eigenvalue weighted by Crippen LogP contribution is 2.28. The fourth-order valence-electron chi connectivity index (χ4n) is 2.37. The topological polar surface area (TPSA) is 121 Å². The summed E-state index contributed by atoms with van der Waals surface area (Å²) in [6, 6.07) is 7.53. The molecule has 1 aromatic carbocycles. The second kappa shape index (κ2) is 13.9. The van der Waals surface area contributed by atoms with Gasteiger partial charge in [0.2, 0.25) is 5.91 Å². The molecule has 0 saturated heterocycles. The number of carboxylic acids is 1. The molecule has 0 aliphatic heterocycles. The highest BCUT2D eigenvalue weighted by molar-refractivity contribution is 8.69. The smallest absolute Gasteiger partial charge is 0.319 e. The Hall–Kier alpha value is -1.23. The van der Waals surface area contributed by atoms with E-state index in [0.29, 0.717) is 35.8 Å². The molecule has 0 unspecified atom stereocenters. The summed E-state index contributed by atoms with van der Waals surface area (Å²) in [7, 11) is -3.43. The average Bonchev–Trinajstić information content (AvgIpc) is 2.61. The van der Waals surface area contributed by atoms with Crippen molar-refractivity contribution in [2.75, 3.05) is 16.8 Å². The zero-order valence-corrected chi connectivity index (χ0v) is 18.1. The second-order valence-corrected chi connectivity index (χ2v) is 10.8. The van der Waals surface area contributed by atoms with Crippen LogP contribution in [0.4, 0.5) is 5.69 Å². The van der Waals surface area contributed by atoms with Gasteiger partial charge in [-0.05, 0) is 54.4 Å². The summed E-state index contributed by atoms with van der Waals surface area (Å²) in [5.74, 6) is 0.284. The fourth-order valence-corrected chi connectivity index (χ4v) is 4.91. The monoisotopic (exact) mass is 449 g/mol. The van der Waals surface area contributed by atoms with Crippen LogP contribution in [-0.4, -0.2) is 41.5 Å². The minimum atomic E-state index is -3.96. The van der Waals surface area contributed by atoms with E-state index in [1.165, 1.54) is 0 Å². The Morgan fingerprint density at radius 2 is 1.57 bits per heavy atom. The first kappa shape index (κ1) is 24.8. The molecular formula is C18H27NO6S3. The van der Waals surface area contributed by atoms with Gasteiger partial charge in [-0.2, -0.15) is 8.42 Å². The lowest BCUT2D eigenvalue weighted by Crippen LogP contribution is -2.11. The summed E-state index contributed by atoms with van der Waals surface area (Å²) < 4.78 is 29.9. The third-order valence-corrected chi connectivity index (χ3v) is 7.04. The molecule has 0 atom stereocenters. The van der Waals surface area contributed by atoms with Crippen molar-refractivity contribution >= 4 is 49.3 Å². The summed E-state index contributed by atoms with van der Waals surface area (Å²) in [5.41, 5.74) is 0.760. The van der Waals surface area contributed by atoms with Crippen LogP contribution < -0.4 is 5.32 Å². The van der Waals surface area contributed by atoms with E-state index in [-0.39, 0.29) is 12.3 Å². The van der Waals surface area contributed by atoms with Gasteiger partial charge in [-0.15, -0.1) is 11.8 Å². The van der Waals surface area contributed by atoms with Crippen molar-refractivity contribution in [2.24, 2.45) is 0 Å². The van der Waals surface area contributed by atoms with E-state index in [1.807, 2.05) is 24.3 Å². The maximum absolute atomic E-state index is 12.1. The van der Waals surface area contributed by atoms with Crippen LogP contribution in [0.2, 0.25) is 0 Å². The number of carbonyl (C=O) groups excluding carboxylic acids is 1. The first-order chi connectivity index (χ1) is 13.3. The quantitative estimate of drug-likeness (QED) is 0.155. The average molecular weight is 450 g/mol. The Kier molecular flexibility index (Phi) is 12.3. The maximum atomic E-state index is 12.1. The van der Waals surface area contributed by atoms with Gasteiger partial charge in [0.05, 0.1) is 5.69 Å². The predicted molar refractivity (Wildman–Crippen MR) is 114 cm³/mol. The summed E-state index contributed by atoms with van der Waals surface area (Å²) in [4.78, 5) is 23.5. The van der Waals surface area contributed by atoms with Crippen LogP contribution in [0.15, 0.2) is 29.2 Å². The van der Waals surface area contributed by atoms with Crippen molar-refractivity contribution in [2.45, 2.75) is 56.3 Å². The van der Waals surface area contributed by atoms with E-state index < -0.39 is 15.1 Å². The minimum absolute atomic E-state index is 0.0594. The molecular weight excluding hydrogens is 422 g/mol. The molecule has 10 heteroatoms. The van der Waals surface area contributed by atoms with E-state index in [2.05, 4.69) is 5.32 Å². The van der Waals surface area contributed by atoms with Crippen LogP contribution in [0.5, 0.6) is 0 Å². The molecule has 7 nitrogen and oxygen atoms in total. The molecule has 0 heterocycles. The number of carbonyl (C=O) groups is 2. The number of para-hydroxylation sites is 1. The number of nitrogens with one attached hydrogen (secondary N) is 1. The number of carboxylic acid groups (broad SMARTS) is 1. The van der Waals surface area contributed by atoms with Crippen molar-refractivity contribution in [1.82, 2.24) is 0 Å². The normalized spacial score (nSPS) is 11.3. The summed E-state index contributed by atoms with van der Waals surface area (Å²) in [6.45, 7) is 0. The maximum Gasteiger partial charge on any atom is 0.319 e. The largest absolute Gasteiger partial charge is 0.481 e. The molecule has 0 aliphatic carbocycles. The zero-order valence-electron chi connectivity index (χ0n) is 15.6. The molecule has 0 aromatic heterocycles. The molecule has 0 fully saturated rings. The van der Waals surface area contributed by atoms with Gasteiger partial charge in [-0.3, -0.25) is 14.1 Å². The number of benzene rings is 1. The van der Waals surface area contributed by atoms with Crippen LogP contribution in [0, 0.1) is 0 Å². The van der Waals surface area contributed by atoms with Gasteiger partial charge in [-0.1, -0.05) is 25.0 Å². The van der Waals surface area contributed by atoms with Gasteiger partial charge < -0.3 is 10.4 Å². The lowest BCUT2D eigenvalue weighted by Gasteiger charge is -2.10. The molecule has 0 aliphatic rings. The van der Waals surface area contributed by atoms with Crippen LogP contribution in [0.1, 0.15) is 51.4 Å². The molecule has 0 radical (unpaired) electrons. The van der Waals surface area contributed by atoms with Crippen LogP contribution >= 0.6 is 22.6 Å². The van der Waals surface area contributed by atoms with Crippen molar-refractivity contribution in [1.29, 1.82) is 0 Å². The molecule has 1 amide bonds. The number of hydrogen-bond acceptors (Lipinski definition) is 6. The van der Waals surface area contributed by atoms with E-state index >= 15 is 0 Å². The number of unbranched alkanes of at least 4 members (excludes halogenated alkanes) is 4. The molecule has 0 bridgehead atoms. The van der Waals surface area contributed by atoms with Gasteiger partial charge in [0.1, 0.15) is 0 Å². The van der Waals surface area contributed by atoms with Crippen molar-refractivity contribution in [3.05, 3.63) is 24.3 Å². The number of rotatable bonds is 15. The van der Waals surface area contributed by atoms with Crippen LogP contribution in [-0.2, 0) is 18.7 Å². The zero-order chi connectivity index (χ0) is 20.8. The number of thioether (sulfide) groups is 1. The lowest BCUT2D eigenvalue weighted by molar-refractivity contribution is -0.137. The van der Waals surface area contributed by atoms with Crippen molar-refractivity contribution < 1.29 is 27.7 Å². The van der Waals surface area contributed by atoms with E-state index in [9.17, 15) is 18.0 Å². The van der Waals surface area contributed by atoms with Gasteiger partial charge in [0.25, 0.3) is 0 Å². The van der Waals surface area contributed by atoms with Crippen LogP contribution in [0.3, 0.4) is 0 Å². The number of aliphatic carboxylic acids is 1. The second-order valence-electron chi connectivity index (χ2n) is 6.16. The SMILES string of the molecule is O=C(O)CCCCCCC(=O)Nc1ccccc1SCCCCSS(=O)(=O)O. The number of amides is 1. The number of anilines is 1. The van der Waals surface area contributed by atoms with Gasteiger partial charge in [-0.25, -0.2) is 0 Å². The van der Waals surface area contributed by atoms with E-state index in [0.717, 1.165) is 42.0 Å². The first-order valence-corrected chi connectivity index (χ1v) is 13.1. The van der Waals surface area contributed by atoms with Gasteiger partial charge >= 0.3 is 15.1 Å². The molecule has 3 N–H and O–H groups in total. The Morgan fingerprint density at radius 1 is 0.929 bits per heavy atom. The van der Waals surface area contributed by atoms with Crippen molar-refractivity contribution in [3.8, 4) is 0 Å². The van der Waals surface area contributed by atoms with E-state index in [1.54, 1.807) is 11.8 Å². The van der Waals surface area contributed by atoms with E-state index in [4.69, 9.17) is 9.66 Å². The molecule has 1 aromatic rings. The lowest BCUT2D eigenvalue weighted by atomic mass is 10.1. The summed E-state index contributed by atoms with van der Waals surface area (Å²) >= 11 is 1.59. The van der Waals surface area contributed by atoms with Gasteiger partial charge in [0, 0.05) is 23.5 Å². The molecule has 158 valence electrons. The molecule has 0 saturated carbocycles. The summed E-state index contributed by atoms with van der Waals surface area (Å²) in [6.07, 6.45) is 5.05. The minimum Gasteiger partial charge on any atom is -0.481 e. The Balaban J connectivity index is 2.28. The Labute approximate surface area is 174 Å². The third kappa shape index (κ3) is 13.0. The fraction of sp³-hybridized carbons (Fsp3) is 0.556. The highest BCUT2D eigenvalue weighted by Gasteiger charge is 2.08. The molecule has 28 heavy (non-hydrogen) atoms. The van der Waals surface area contributed by atoms with Crippen molar-refractivity contribution in [3.63, 3.8) is 0 Å². The van der Waals surface area contributed by atoms with Crippen LogP contribution in [0.25, 0.3) is 0 Å². The Morgan fingerprint density at radius 3 is 2.25 bits per heavy atom. The summed E-state index contributed by atoms with van der Waals surface area (Å²) in [5, 5.41) is 11.5. The molecule has 1 rings (SSSR count). The predicted octanol–water partition coefficient (Wildman–Crippen LogP) is 4.46. The highest BCUT2D eigenvalue weighted by atomic mass is 33.1. The molecule has 0 spiro atoms. The van der Waals surface area contributed by atoms with Gasteiger partial charge in [0.15, 0.2) is 0 Å².